The molecule has 0 amide bonds. The van der Waals surface area contributed by atoms with Crippen molar-refractivity contribution in [1.82, 2.24) is 0 Å². The van der Waals surface area contributed by atoms with E-state index < -0.39 is 0 Å². The average Bonchev–Trinajstić information content (AvgIpc) is 2.29. The number of aliphatic hydroxyl groups excluding tert-OH is 1. The lowest BCUT2D eigenvalue weighted by Crippen LogP contribution is -2.18. The molecule has 0 spiro atoms. The van der Waals surface area contributed by atoms with Gasteiger partial charge in [-0.2, -0.15) is 0 Å². The second kappa shape index (κ2) is 4.80. The van der Waals surface area contributed by atoms with Gasteiger partial charge in [0.15, 0.2) is 0 Å². The summed E-state index contributed by atoms with van der Waals surface area (Å²) in [5.41, 5.74) is 3.07. The lowest BCUT2D eigenvalue weighted by atomic mass is 9.74. The Morgan fingerprint density at radius 2 is 2.13 bits per heavy atom. The van der Waals surface area contributed by atoms with E-state index in [1.54, 1.807) is 0 Å². The van der Waals surface area contributed by atoms with Crippen molar-refractivity contribution in [1.29, 1.82) is 0 Å². The zero-order valence-corrected chi connectivity index (χ0v) is 9.45. The minimum Gasteiger partial charge on any atom is -0.396 e. The number of aryl methyl sites for hydroxylation is 1. The van der Waals surface area contributed by atoms with Gasteiger partial charge in [-0.3, -0.25) is 0 Å². The molecule has 0 radical (unpaired) electrons. The maximum atomic E-state index is 8.88. The molecule has 0 saturated carbocycles. The van der Waals surface area contributed by atoms with E-state index in [0.717, 1.165) is 12.3 Å². The second-order valence-corrected chi connectivity index (χ2v) is 4.65. The van der Waals surface area contributed by atoms with E-state index in [0.29, 0.717) is 12.5 Å². The molecule has 1 nitrogen and oxygen atoms in total. The normalized spacial score (nSPS) is 24.9. The van der Waals surface area contributed by atoms with E-state index in [9.17, 15) is 0 Å². The fourth-order valence-corrected chi connectivity index (χ4v) is 2.80. The first-order valence-electron chi connectivity index (χ1n) is 6.01. The van der Waals surface area contributed by atoms with Crippen LogP contribution in [0, 0.1) is 5.92 Å². The first-order chi connectivity index (χ1) is 7.33. The standard InChI is InChI=1S/C14H20O/c1-11-12(6-4-10-15)8-9-13-5-2-3-7-14(11)13/h2-3,5,7,11-12,15H,4,6,8-10H2,1H3. The summed E-state index contributed by atoms with van der Waals surface area (Å²) in [6.45, 7) is 2.67. The first-order valence-corrected chi connectivity index (χ1v) is 6.01. The summed E-state index contributed by atoms with van der Waals surface area (Å²) in [5, 5.41) is 8.88. The number of fused-ring (bicyclic) bond motifs is 1. The van der Waals surface area contributed by atoms with Gasteiger partial charge in [-0.25, -0.2) is 0 Å². The minimum absolute atomic E-state index is 0.338. The molecule has 82 valence electrons. The maximum absolute atomic E-state index is 8.88. The Morgan fingerprint density at radius 3 is 2.93 bits per heavy atom. The molecule has 0 saturated heterocycles. The second-order valence-electron chi connectivity index (χ2n) is 4.65. The quantitative estimate of drug-likeness (QED) is 0.802. The predicted molar refractivity (Wildman–Crippen MR) is 63.0 cm³/mol. The fraction of sp³-hybridized carbons (Fsp3) is 0.571. The molecular formula is C14H20O. The minimum atomic E-state index is 0.338. The lowest BCUT2D eigenvalue weighted by molar-refractivity contribution is 0.257. The zero-order chi connectivity index (χ0) is 10.7. The fourth-order valence-electron chi connectivity index (χ4n) is 2.80. The third-order valence-electron chi connectivity index (χ3n) is 3.77. The molecule has 0 fully saturated rings. The van der Waals surface area contributed by atoms with Crippen LogP contribution in [0.5, 0.6) is 0 Å². The lowest BCUT2D eigenvalue weighted by Gasteiger charge is -2.31. The van der Waals surface area contributed by atoms with Crippen LogP contribution in [0.4, 0.5) is 0 Å². The molecule has 1 aliphatic rings. The van der Waals surface area contributed by atoms with Gasteiger partial charge in [0.1, 0.15) is 0 Å². The van der Waals surface area contributed by atoms with Crippen molar-refractivity contribution >= 4 is 0 Å². The van der Waals surface area contributed by atoms with Gasteiger partial charge in [-0.15, -0.1) is 0 Å². The highest BCUT2D eigenvalue weighted by atomic mass is 16.2. The van der Waals surface area contributed by atoms with Gasteiger partial charge in [0.05, 0.1) is 0 Å². The summed E-state index contributed by atoms with van der Waals surface area (Å²) in [5.74, 6) is 1.44. The summed E-state index contributed by atoms with van der Waals surface area (Å²) in [6.07, 6.45) is 4.64. The number of rotatable bonds is 3. The Morgan fingerprint density at radius 1 is 1.33 bits per heavy atom. The Kier molecular flexibility index (Phi) is 3.42. The van der Waals surface area contributed by atoms with E-state index in [4.69, 9.17) is 5.11 Å². The van der Waals surface area contributed by atoms with Gasteiger partial charge in [0.25, 0.3) is 0 Å². The highest BCUT2D eigenvalue weighted by Crippen LogP contribution is 2.37. The molecule has 1 aliphatic carbocycles. The molecule has 0 aromatic heterocycles. The van der Waals surface area contributed by atoms with Crippen LogP contribution in [0.25, 0.3) is 0 Å². The molecule has 1 heteroatoms. The van der Waals surface area contributed by atoms with Gasteiger partial charge in [-0.1, -0.05) is 31.2 Å². The van der Waals surface area contributed by atoms with Crippen LogP contribution in [-0.4, -0.2) is 11.7 Å². The molecule has 0 aliphatic heterocycles. The third kappa shape index (κ3) is 2.23. The zero-order valence-electron chi connectivity index (χ0n) is 9.45. The molecule has 1 aromatic carbocycles. The molecular weight excluding hydrogens is 184 g/mol. The van der Waals surface area contributed by atoms with Gasteiger partial charge < -0.3 is 5.11 Å². The number of benzene rings is 1. The van der Waals surface area contributed by atoms with Crippen LogP contribution in [0.1, 0.15) is 43.2 Å². The SMILES string of the molecule is CC1c2ccccc2CCC1CCCO. The Hall–Kier alpha value is -0.820. The van der Waals surface area contributed by atoms with E-state index in [1.165, 1.54) is 30.4 Å². The molecule has 0 heterocycles. The van der Waals surface area contributed by atoms with Crippen molar-refractivity contribution in [3.8, 4) is 0 Å². The van der Waals surface area contributed by atoms with Crippen LogP contribution in [0.15, 0.2) is 24.3 Å². The van der Waals surface area contributed by atoms with Crippen molar-refractivity contribution in [3.63, 3.8) is 0 Å². The highest BCUT2D eigenvalue weighted by molar-refractivity contribution is 5.32. The van der Waals surface area contributed by atoms with Gasteiger partial charge >= 0.3 is 0 Å². The van der Waals surface area contributed by atoms with Crippen LogP contribution < -0.4 is 0 Å². The average molecular weight is 204 g/mol. The van der Waals surface area contributed by atoms with Gasteiger partial charge in [-0.05, 0) is 48.6 Å². The Balaban J connectivity index is 2.11. The maximum Gasteiger partial charge on any atom is 0.0431 e. The van der Waals surface area contributed by atoms with E-state index in [2.05, 4.69) is 31.2 Å². The first kappa shape index (κ1) is 10.7. The molecule has 2 unspecified atom stereocenters. The van der Waals surface area contributed by atoms with Crippen molar-refractivity contribution in [2.75, 3.05) is 6.61 Å². The molecule has 1 aromatic rings. The molecule has 15 heavy (non-hydrogen) atoms. The van der Waals surface area contributed by atoms with Crippen molar-refractivity contribution < 1.29 is 5.11 Å². The van der Waals surface area contributed by atoms with Gasteiger partial charge in [0, 0.05) is 6.61 Å². The van der Waals surface area contributed by atoms with Gasteiger partial charge in [0.2, 0.25) is 0 Å². The Bertz CT molecular complexity index is 319. The van der Waals surface area contributed by atoms with Crippen molar-refractivity contribution in [2.24, 2.45) is 5.92 Å². The van der Waals surface area contributed by atoms with Crippen LogP contribution in [0.2, 0.25) is 0 Å². The van der Waals surface area contributed by atoms with E-state index in [-0.39, 0.29) is 0 Å². The largest absolute Gasteiger partial charge is 0.396 e. The number of aliphatic hydroxyl groups is 1. The molecule has 2 rings (SSSR count). The van der Waals surface area contributed by atoms with Crippen LogP contribution in [-0.2, 0) is 6.42 Å². The van der Waals surface area contributed by atoms with Crippen LogP contribution in [0.3, 0.4) is 0 Å². The summed E-state index contributed by atoms with van der Waals surface area (Å²) in [4.78, 5) is 0. The molecule has 0 bridgehead atoms. The summed E-state index contributed by atoms with van der Waals surface area (Å²) in [6, 6.07) is 8.81. The smallest absolute Gasteiger partial charge is 0.0431 e. The van der Waals surface area contributed by atoms with E-state index >= 15 is 0 Å². The molecule has 1 N–H and O–H groups in total. The topological polar surface area (TPSA) is 20.2 Å². The monoisotopic (exact) mass is 204 g/mol. The summed E-state index contributed by atoms with van der Waals surface area (Å²) in [7, 11) is 0. The number of hydrogen-bond acceptors (Lipinski definition) is 1. The number of hydrogen-bond donors (Lipinski definition) is 1. The summed E-state index contributed by atoms with van der Waals surface area (Å²) >= 11 is 0. The van der Waals surface area contributed by atoms with Crippen LogP contribution >= 0.6 is 0 Å². The highest BCUT2D eigenvalue weighted by Gasteiger charge is 2.24. The third-order valence-corrected chi connectivity index (χ3v) is 3.77. The predicted octanol–water partition coefficient (Wildman–Crippen LogP) is 3.13. The molecule has 2 atom stereocenters. The van der Waals surface area contributed by atoms with Crippen molar-refractivity contribution in [3.05, 3.63) is 35.4 Å². The van der Waals surface area contributed by atoms with Crippen molar-refractivity contribution in [2.45, 2.75) is 38.5 Å². The van der Waals surface area contributed by atoms with E-state index in [1.807, 2.05) is 0 Å². The Labute approximate surface area is 92.1 Å². The summed E-state index contributed by atoms with van der Waals surface area (Å²) < 4.78 is 0.